The fourth-order valence-electron chi connectivity index (χ4n) is 2.29. The second-order valence-corrected chi connectivity index (χ2v) is 5.77. The smallest absolute Gasteiger partial charge is 0.275 e. The van der Waals surface area contributed by atoms with Crippen molar-refractivity contribution in [3.8, 4) is 0 Å². The number of quaternary nitrogens is 1. The molecule has 1 rings (SSSR count). The summed E-state index contributed by atoms with van der Waals surface area (Å²) < 4.78 is 0. The van der Waals surface area contributed by atoms with Crippen LogP contribution < -0.4 is 20.9 Å². The number of nitrogens with one attached hydrogen (secondary N) is 4. The zero-order valence-corrected chi connectivity index (χ0v) is 14.7. The van der Waals surface area contributed by atoms with Crippen LogP contribution in [0.15, 0.2) is 24.3 Å². The van der Waals surface area contributed by atoms with E-state index in [9.17, 15) is 14.4 Å². The number of benzene rings is 1. The molecule has 0 saturated carbocycles. The van der Waals surface area contributed by atoms with Crippen LogP contribution in [0.1, 0.15) is 29.8 Å². The summed E-state index contributed by atoms with van der Waals surface area (Å²) in [6.07, 6.45) is 0. The number of likely N-dealkylation sites (N-methyl/N-ethyl adjacent to an activating group) is 2. The molecule has 0 heterocycles. The number of amides is 3. The van der Waals surface area contributed by atoms with Gasteiger partial charge in [0.25, 0.3) is 11.8 Å². The van der Waals surface area contributed by atoms with Crippen molar-refractivity contribution >= 4 is 17.7 Å². The molecule has 132 valence electrons. The first-order chi connectivity index (χ1) is 11.4. The molecule has 0 saturated heterocycles. The second kappa shape index (κ2) is 9.67. The molecule has 3 amide bonds. The molecule has 0 aliphatic heterocycles. The van der Waals surface area contributed by atoms with Gasteiger partial charge in [-0.15, -0.1) is 0 Å². The highest BCUT2D eigenvalue weighted by molar-refractivity contribution is 5.93. The Morgan fingerprint density at radius 1 is 1.17 bits per heavy atom. The Labute approximate surface area is 142 Å². The van der Waals surface area contributed by atoms with Gasteiger partial charge in [0.05, 0.1) is 7.05 Å². The summed E-state index contributed by atoms with van der Waals surface area (Å²) in [5.41, 5.74) is 1.64. The fourth-order valence-corrected chi connectivity index (χ4v) is 2.29. The first kappa shape index (κ1) is 19.6. The van der Waals surface area contributed by atoms with Crippen molar-refractivity contribution in [1.29, 1.82) is 0 Å². The Bertz CT molecular complexity index is 572. The van der Waals surface area contributed by atoms with Crippen LogP contribution in [0.2, 0.25) is 0 Å². The van der Waals surface area contributed by atoms with Crippen LogP contribution in [0.5, 0.6) is 0 Å². The van der Waals surface area contributed by atoms with Gasteiger partial charge in [-0.25, -0.2) is 0 Å². The third kappa shape index (κ3) is 6.37. The Morgan fingerprint density at radius 2 is 1.79 bits per heavy atom. The lowest BCUT2D eigenvalue weighted by molar-refractivity contribution is -0.885. The Kier molecular flexibility index (Phi) is 7.91. The largest absolute Gasteiger partial charge is 0.355 e. The summed E-state index contributed by atoms with van der Waals surface area (Å²) in [7, 11) is 3.50. The minimum absolute atomic E-state index is 0.124. The van der Waals surface area contributed by atoms with E-state index in [-0.39, 0.29) is 24.3 Å². The van der Waals surface area contributed by atoms with E-state index in [2.05, 4.69) is 16.0 Å². The maximum absolute atomic E-state index is 12.0. The van der Waals surface area contributed by atoms with Gasteiger partial charge in [-0.2, -0.15) is 0 Å². The molecule has 24 heavy (non-hydrogen) atoms. The fraction of sp³-hybridized carbons (Fsp3) is 0.471. The summed E-state index contributed by atoms with van der Waals surface area (Å²) in [4.78, 5) is 36.1. The molecule has 7 nitrogen and oxygen atoms in total. The first-order valence-corrected chi connectivity index (χ1v) is 8.06. The molecule has 1 aromatic rings. The molecule has 0 bridgehead atoms. The van der Waals surface area contributed by atoms with E-state index in [0.29, 0.717) is 18.7 Å². The average Bonchev–Trinajstić information content (AvgIpc) is 2.54. The van der Waals surface area contributed by atoms with Gasteiger partial charge in [0.2, 0.25) is 5.91 Å². The Balaban J connectivity index is 2.47. The van der Waals surface area contributed by atoms with Crippen LogP contribution in [-0.4, -0.2) is 50.9 Å². The van der Waals surface area contributed by atoms with Crippen molar-refractivity contribution in [3.63, 3.8) is 0 Å². The van der Waals surface area contributed by atoms with Crippen molar-refractivity contribution in [2.24, 2.45) is 0 Å². The molecule has 0 aliphatic rings. The van der Waals surface area contributed by atoms with Crippen molar-refractivity contribution in [1.82, 2.24) is 16.0 Å². The SMILES string of the molecule is CCNC(=O)[C@H](C)NC(=O)C[NH+](C)Cc1ccc(C(=O)NC)cc1. The lowest BCUT2D eigenvalue weighted by atomic mass is 10.1. The van der Waals surface area contributed by atoms with E-state index in [0.717, 1.165) is 10.5 Å². The molecule has 0 aromatic heterocycles. The summed E-state index contributed by atoms with van der Waals surface area (Å²) >= 11 is 0. The minimum Gasteiger partial charge on any atom is -0.355 e. The normalized spacial score (nSPS) is 12.8. The Morgan fingerprint density at radius 3 is 2.33 bits per heavy atom. The van der Waals surface area contributed by atoms with Gasteiger partial charge in [0.1, 0.15) is 12.6 Å². The summed E-state index contributed by atoms with van der Waals surface area (Å²) in [5.74, 6) is -0.484. The van der Waals surface area contributed by atoms with Gasteiger partial charge in [-0.05, 0) is 26.0 Å². The van der Waals surface area contributed by atoms with Crippen LogP contribution in [0.3, 0.4) is 0 Å². The van der Waals surface area contributed by atoms with Crippen LogP contribution in [-0.2, 0) is 16.1 Å². The van der Waals surface area contributed by atoms with Crippen LogP contribution in [0, 0.1) is 0 Å². The quantitative estimate of drug-likeness (QED) is 0.476. The number of rotatable bonds is 8. The topological polar surface area (TPSA) is 91.7 Å². The van der Waals surface area contributed by atoms with E-state index in [1.807, 2.05) is 26.1 Å². The van der Waals surface area contributed by atoms with Crippen LogP contribution in [0.25, 0.3) is 0 Å². The molecular weight excluding hydrogens is 308 g/mol. The van der Waals surface area contributed by atoms with E-state index in [4.69, 9.17) is 0 Å². The number of hydrogen-bond acceptors (Lipinski definition) is 3. The van der Waals surface area contributed by atoms with Gasteiger partial charge in [0.15, 0.2) is 6.54 Å². The zero-order valence-electron chi connectivity index (χ0n) is 14.7. The second-order valence-electron chi connectivity index (χ2n) is 5.77. The van der Waals surface area contributed by atoms with E-state index < -0.39 is 6.04 Å². The molecule has 7 heteroatoms. The summed E-state index contributed by atoms with van der Waals surface area (Å²) in [6, 6.07) is 6.74. The maximum atomic E-state index is 12.0. The highest BCUT2D eigenvalue weighted by Crippen LogP contribution is 2.03. The molecule has 0 aliphatic carbocycles. The molecule has 1 unspecified atom stereocenters. The molecular formula is C17H27N4O3+. The Hall–Kier alpha value is -2.41. The number of hydrogen-bond donors (Lipinski definition) is 4. The zero-order chi connectivity index (χ0) is 18.1. The molecule has 0 fully saturated rings. The molecule has 0 radical (unpaired) electrons. The van der Waals surface area contributed by atoms with E-state index >= 15 is 0 Å². The van der Waals surface area contributed by atoms with Gasteiger partial charge in [-0.1, -0.05) is 12.1 Å². The standard InChI is InChI=1S/C17H26N4O3/c1-5-19-16(23)12(2)20-15(22)11-21(4)10-13-6-8-14(9-7-13)17(24)18-3/h6-9,12H,5,10-11H2,1-4H3,(H,18,24)(H,19,23)(H,20,22)/p+1/t12-/m0/s1. The highest BCUT2D eigenvalue weighted by atomic mass is 16.2. The highest BCUT2D eigenvalue weighted by Gasteiger charge is 2.17. The predicted octanol–water partition coefficient (Wildman–Crippen LogP) is -1.30. The maximum Gasteiger partial charge on any atom is 0.275 e. The first-order valence-electron chi connectivity index (χ1n) is 8.06. The summed E-state index contributed by atoms with van der Waals surface area (Å²) in [6.45, 7) is 4.95. The number of carbonyl (C=O) groups excluding carboxylic acids is 3. The summed E-state index contributed by atoms with van der Waals surface area (Å²) in [5, 5.41) is 7.93. The lowest BCUT2D eigenvalue weighted by Gasteiger charge is -2.17. The average molecular weight is 335 g/mol. The number of carbonyl (C=O) groups is 3. The monoisotopic (exact) mass is 335 g/mol. The van der Waals surface area contributed by atoms with Gasteiger partial charge < -0.3 is 20.9 Å². The third-order valence-corrected chi connectivity index (χ3v) is 3.53. The van der Waals surface area contributed by atoms with Gasteiger partial charge in [-0.3, -0.25) is 14.4 Å². The third-order valence-electron chi connectivity index (χ3n) is 3.53. The van der Waals surface area contributed by atoms with E-state index in [1.54, 1.807) is 26.1 Å². The molecule has 0 spiro atoms. The van der Waals surface area contributed by atoms with Gasteiger partial charge >= 0.3 is 0 Å². The van der Waals surface area contributed by atoms with Crippen LogP contribution in [0.4, 0.5) is 0 Å². The predicted molar refractivity (Wildman–Crippen MR) is 91.6 cm³/mol. The molecule has 1 aromatic carbocycles. The van der Waals surface area contributed by atoms with Crippen LogP contribution >= 0.6 is 0 Å². The van der Waals surface area contributed by atoms with Gasteiger partial charge in [0, 0.05) is 24.7 Å². The molecule has 4 N–H and O–H groups in total. The molecule has 2 atom stereocenters. The van der Waals surface area contributed by atoms with Crippen molar-refractivity contribution in [2.45, 2.75) is 26.4 Å². The van der Waals surface area contributed by atoms with Crippen molar-refractivity contribution < 1.29 is 19.3 Å². The van der Waals surface area contributed by atoms with E-state index in [1.165, 1.54) is 0 Å². The lowest BCUT2D eigenvalue weighted by Crippen LogP contribution is -3.09. The van der Waals surface area contributed by atoms with Crippen molar-refractivity contribution in [3.05, 3.63) is 35.4 Å². The minimum atomic E-state index is -0.544. The van der Waals surface area contributed by atoms with Crippen molar-refractivity contribution in [2.75, 3.05) is 27.2 Å².